The molecule has 2 heterocycles. The number of methoxy groups -OCH3 is 1. The third-order valence-corrected chi connectivity index (χ3v) is 4.84. The SMILES string of the molecule is COc1cccc(C(=O)NC(C)c2nnc3n2CCN(CC(C)C)CC3)c1. The minimum Gasteiger partial charge on any atom is -0.497 e. The highest BCUT2D eigenvalue weighted by atomic mass is 16.5. The summed E-state index contributed by atoms with van der Waals surface area (Å²) in [5.74, 6) is 2.98. The molecule has 0 spiro atoms. The van der Waals surface area contributed by atoms with Gasteiger partial charge in [-0.15, -0.1) is 10.2 Å². The molecule has 1 unspecified atom stereocenters. The van der Waals surface area contributed by atoms with Crippen LogP contribution in [0.2, 0.25) is 0 Å². The van der Waals surface area contributed by atoms with Crippen LogP contribution in [-0.2, 0) is 13.0 Å². The third kappa shape index (κ3) is 4.66. The third-order valence-electron chi connectivity index (χ3n) is 4.84. The van der Waals surface area contributed by atoms with Gasteiger partial charge in [0.2, 0.25) is 0 Å². The smallest absolute Gasteiger partial charge is 0.251 e. The lowest BCUT2D eigenvalue weighted by molar-refractivity contribution is 0.0937. The Labute approximate surface area is 160 Å². The second-order valence-electron chi connectivity index (χ2n) is 7.50. The normalized spacial score (nSPS) is 15.9. The van der Waals surface area contributed by atoms with Gasteiger partial charge >= 0.3 is 0 Å². The van der Waals surface area contributed by atoms with Crippen molar-refractivity contribution >= 4 is 5.91 Å². The van der Waals surface area contributed by atoms with Crippen molar-refractivity contribution in [2.75, 3.05) is 26.7 Å². The predicted molar refractivity (Wildman–Crippen MR) is 104 cm³/mol. The largest absolute Gasteiger partial charge is 0.497 e. The maximum absolute atomic E-state index is 12.6. The van der Waals surface area contributed by atoms with Crippen LogP contribution in [0.5, 0.6) is 5.75 Å². The molecule has 1 aromatic heterocycles. The van der Waals surface area contributed by atoms with E-state index in [0.717, 1.165) is 44.2 Å². The molecule has 0 radical (unpaired) electrons. The zero-order valence-electron chi connectivity index (χ0n) is 16.6. The van der Waals surface area contributed by atoms with Crippen LogP contribution in [0.25, 0.3) is 0 Å². The van der Waals surface area contributed by atoms with Crippen molar-refractivity contribution in [1.82, 2.24) is 25.0 Å². The van der Waals surface area contributed by atoms with E-state index in [4.69, 9.17) is 4.74 Å². The zero-order valence-corrected chi connectivity index (χ0v) is 16.6. The Morgan fingerprint density at radius 1 is 1.22 bits per heavy atom. The lowest BCUT2D eigenvalue weighted by Crippen LogP contribution is -2.32. The summed E-state index contributed by atoms with van der Waals surface area (Å²) in [7, 11) is 1.59. The van der Waals surface area contributed by atoms with Crippen LogP contribution in [0.15, 0.2) is 24.3 Å². The molecule has 146 valence electrons. The summed E-state index contributed by atoms with van der Waals surface area (Å²) in [5, 5.41) is 11.8. The molecule has 1 atom stereocenters. The van der Waals surface area contributed by atoms with Crippen molar-refractivity contribution in [1.29, 1.82) is 0 Å². The van der Waals surface area contributed by atoms with Gasteiger partial charge in [-0.1, -0.05) is 19.9 Å². The summed E-state index contributed by atoms with van der Waals surface area (Å²) >= 11 is 0. The van der Waals surface area contributed by atoms with Gasteiger partial charge in [0.15, 0.2) is 5.82 Å². The molecule has 0 saturated heterocycles. The number of carbonyl (C=O) groups is 1. The maximum atomic E-state index is 12.6. The zero-order chi connectivity index (χ0) is 19.4. The molecule has 0 saturated carbocycles. The molecule has 3 rings (SSSR count). The van der Waals surface area contributed by atoms with E-state index in [1.165, 1.54) is 0 Å². The quantitative estimate of drug-likeness (QED) is 0.843. The van der Waals surface area contributed by atoms with Crippen LogP contribution in [0.4, 0.5) is 0 Å². The Bertz CT molecular complexity index is 786. The highest BCUT2D eigenvalue weighted by Crippen LogP contribution is 2.18. The van der Waals surface area contributed by atoms with E-state index < -0.39 is 0 Å². The van der Waals surface area contributed by atoms with E-state index >= 15 is 0 Å². The van der Waals surface area contributed by atoms with Crippen LogP contribution in [0.3, 0.4) is 0 Å². The Balaban J connectivity index is 1.69. The number of nitrogens with one attached hydrogen (secondary N) is 1. The molecule has 1 aromatic carbocycles. The van der Waals surface area contributed by atoms with Gasteiger partial charge in [-0.3, -0.25) is 4.79 Å². The number of carbonyl (C=O) groups excluding carboxylic acids is 1. The average Bonchev–Trinajstić information content (AvgIpc) is 2.96. The molecule has 1 aliphatic heterocycles. The van der Waals surface area contributed by atoms with E-state index in [2.05, 4.69) is 38.8 Å². The summed E-state index contributed by atoms with van der Waals surface area (Å²) in [5.41, 5.74) is 0.569. The monoisotopic (exact) mass is 371 g/mol. The van der Waals surface area contributed by atoms with Crippen molar-refractivity contribution in [2.24, 2.45) is 5.92 Å². The second kappa shape index (κ2) is 8.52. The highest BCUT2D eigenvalue weighted by molar-refractivity contribution is 5.94. The summed E-state index contributed by atoms with van der Waals surface area (Å²) in [6, 6.07) is 6.92. The van der Waals surface area contributed by atoms with Gasteiger partial charge in [-0.2, -0.15) is 0 Å². The molecule has 0 bridgehead atoms. The van der Waals surface area contributed by atoms with Crippen molar-refractivity contribution in [3.8, 4) is 5.75 Å². The molecule has 1 amide bonds. The van der Waals surface area contributed by atoms with E-state index in [1.54, 1.807) is 19.2 Å². The molecule has 2 aromatic rings. The van der Waals surface area contributed by atoms with Crippen molar-refractivity contribution in [3.05, 3.63) is 41.5 Å². The lowest BCUT2D eigenvalue weighted by atomic mass is 10.2. The van der Waals surface area contributed by atoms with E-state index in [-0.39, 0.29) is 11.9 Å². The molecule has 7 heteroatoms. The molecule has 7 nitrogen and oxygen atoms in total. The Kier molecular flexibility index (Phi) is 6.11. The first kappa shape index (κ1) is 19.4. The van der Waals surface area contributed by atoms with Crippen molar-refractivity contribution in [2.45, 2.75) is 39.8 Å². The number of hydrogen-bond donors (Lipinski definition) is 1. The average molecular weight is 371 g/mol. The summed E-state index contributed by atoms with van der Waals surface area (Å²) in [6.45, 7) is 10.4. The standard InChI is InChI=1S/C20H29N5O2/c1-14(2)13-24-9-8-18-22-23-19(25(18)11-10-24)15(3)21-20(26)16-6-5-7-17(12-16)27-4/h5-7,12,14-15H,8-11,13H2,1-4H3,(H,21,26). The Morgan fingerprint density at radius 2 is 2.04 bits per heavy atom. The van der Waals surface area contributed by atoms with Crippen LogP contribution in [0, 0.1) is 5.92 Å². The number of nitrogens with zero attached hydrogens (tertiary/aromatic N) is 4. The lowest BCUT2D eigenvalue weighted by Gasteiger charge is -2.22. The van der Waals surface area contributed by atoms with Gasteiger partial charge < -0.3 is 19.5 Å². The highest BCUT2D eigenvalue weighted by Gasteiger charge is 2.23. The van der Waals surface area contributed by atoms with Gasteiger partial charge in [-0.05, 0) is 31.0 Å². The fourth-order valence-corrected chi connectivity index (χ4v) is 3.52. The summed E-state index contributed by atoms with van der Waals surface area (Å²) < 4.78 is 7.36. The number of ether oxygens (including phenoxy) is 1. The van der Waals surface area contributed by atoms with Crippen LogP contribution >= 0.6 is 0 Å². The molecular formula is C20H29N5O2. The van der Waals surface area contributed by atoms with Gasteiger partial charge in [0.1, 0.15) is 11.6 Å². The Hall–Kier alpha value is -2.41. The minimum atomic E-state index is -0.221. The number of rotatable bonds is 6. The molecular weight excluding hydrogens is 342 g/mol. The number of benzene rings is 1. The topological polar surface area (TPSA) is 72.3 Å². The van der Waals surface area contributed by atoms with Crippen molar-refractivity contribution in [3.63, 3.8) is 0 Å². The first-order valence-corrected chi connectivity index (χ1v) is 9.57. The van der Waals surface area contributed by atoms with Gasteiger partial charge in [-0.25, -0.2) is 0 Å². The number of amides is 1. The van der Waals surface area contributed by atoms with Crippen LogP contribution in [-0.4, -0.2) is 52.3 Å². The number of hydrogen-bond acceptors (Lipinski definition) is 5. The van der Waals surface area contributed by atoms with Crippen molar-refractivity contribution < 1.29 is 9.53 Å². The maximum Gasteiger partial charge on any atom is 0.251 e. The number of aromatic nitrogens is 3. The van der Waals surface area contributed by atoms with E-state index in [9.17, 15) is 4.79 Å². The second-order valence-corrected chi connectivity index (χ2v) is 7.50. The Morgan fingerprint density at radius 3 is 2.78 bits per heavy atom. The predicted octanol–water partition coefficient (Wildman–Crippen LogP) is 2.29. The molecule has 27 heavy (non-hydrogen) atoms. The molecule has 1 N–H and O–H groups in total. The van der Waals surface area contributed by atoms with Crippen LogP contribution < -0.4 is 10.1 Å². The number of fused-ring (bicyclic) bond motifs is 1. The van der Waals surface area contributed by atoms with Crippen LogP contribution in [0.1, 0.15) is 48.8 Å². The van der Waals surface area contributed by atoms with Gasteiger partial charge in [0, 0.05) is 38.2 Å². The first-order chi connectivity index (χ1) is 13.0. The van der Waals surface area contributed by atoms with E-state index in [1.807, 2.05) is 19.1 Å². The van der Waals surface area contributed by atoms with Gasteiger partial charge in [0.25, 0.3) is 5.91 Å². The fraction of sp³-hybridized carbons (Fsp3) is 0.550. The molecule has 0 fully saturated rings. The summed E-state index contributed by atoms with van der Waals surface area (Å²) in [4.78, 5) is 15.1. The fourth-order valence-electron chi connectivity index (χ4n) is 3.52. The summed E-state index contributed by atoms with van der Waals surface area (Å²) in [6.07, 6.45) is 0.885. The molecule has 1 aliphatic rings. The minimum absolute atomic E-state index is 0.145. The first-order valence-electron chi connectivity index (χ1n) is 9.57. The van der Waals surface area contributed by atoms with Gasteiger partial charge in [0.05, 0.1) is 13.2 Å². The van der Waals surface area contributed by atoms with E-state index in [0.29, 0.717) is 17.2 Å². The molecule has 0 aliphatic carbocycles.